The standard InChI is InChI=1S/C10H23N/c1-6-7-8-9-10(2,3)11(4)5/h6-9H2,1-5H3. The van der Waals surface area contributed by atoms with E-state index in [9.17, 15) is 0 Å². The highest BCUT2D eigenvalue weighted by Gasteiger charge is 2.18. The molecule has 0 heterocycles. The van der Waals surface area contributed by atoms with E-state index < -0.39 is 0 Å². The minimum atomic E-state index is 0.384. The summed E-state index contributed by atoms with van der Waals surface area (Å²) in [6.07, 6.45) is 5.37. The summed E-state index contributed by atoms with van der Waals surface area (Å²) in [6.45, 7) is 6.87. The van der Waals surface area contributed by atoms with Gasteiger partial charge in [0.2, 0.25) is 0 Å². The number of hydrogen-bond donors (Lipinski definition) is 0. The van der Waals surface area contributed by atoms with Crippen LogP contribution in [0, 0.1) is 0 Å². The van der Waals surface area contributed by atoms with Crippen LogP contribution in [0.1, 0.15) is 46.5 Å². The largest absolute Gasteiger partial charge is 0.304 e. The maximum Gasteiger partial charge on any atom is 0.0147 e. The van der Waals surface area contributed by atoms with Crippen LogP contribution in [-0.4, -0.2) is 24.5 Å². The zero-order chi connectivity index (χ0) is 8.91. The van der Waals surface area contributed by atoms with Crippen molar-refractivity contribution in [3.63, 3.8) is 0 Å². The van der Waals surface area contributed by atoms with E-state index in [1.807, 2.05) is 0 Å². The van der Waals surface area contributed by atoms with E-state index in [1.165, 1.54) is 25.7 Å². The lowest BCUT2D eigenvalue weighted by Crippen LogP contribution is -2.37. The molecule has 1 heteroatoms. The Morgan fingerprint density at radius 1 is 1.09 bits per heavy atom. The molecule has 0 aromatic rings. The molecule has 0 saturated carbocycles. The third-order valence-electron chi connectivity index (χ3n) is 2.60. The Morgan fingerprint density at radius 3 is 2.00 bits per heavy atom. The maximum atomic E-state index is 2.31. The molecule has 0 spiro atoms. The van der Waals surface area contributed by atoms with Gasteiger partial charge in [0.25, 0.3) is 0 Å². The highest BCUT2D eigenvalue weighted by atomic mass is 15.1. The molecule has 68 valence electrons. The van der Waals surface area contributed by atoms with Gasteiger partial charge in [-0.05, 0) is 34.4 Å². The normalized spacial score (nSPS) is 12.5. The number of hydrogen-bond acceptors (Lipinski definition) is 1. The molecule has 0 unspecified atom stereocenters. The zero-order valence-corrected chi connectivity index (χ0v) is 8.78. The topological polar surface area (TPSA) is 3.24 Å². The first-order valence-electron chi connectivity index (χ1n) is 4.68. The fourth-order valence-corrected chi connectivity index (χ4v) is 1.03. The van der Waals surface area contributed by atoms with Crippen LogP contribution in [0.15, 0.2) is 0 Å². The van der Waals surface area contributed by atoms with Crippen LogP contribution < -0.4 is 0 Å². The molecular formula is C10H23N. The van der Waals surface area contributed by atoms with Gasteiger partial charge in [-0.3, -0.25) is 0 Å². The zero-order valence-electron chi connectivity index (χ0n) is 8.78. The van der Waals surface area contributed by atoms with Crippen molar-refractivity contribution in [3.8, 4) is 0 Å². The molecule has 0 aliphatic heterocycles. The molecule has 11 heavy (non-hydrogen) atoms. The van der Waals surface area contributed by atoms with Crippen LogP contribution >= 0.6 is 0 Å². The van der Waals surface area contributed by atoms with Crippen LogP contribution in [0.25, 0.3) is 0 Å². The van der Waals surface area contributed by atoms with E-state index >= 15 is 0 Å². The monoisotopic (exact) mass is 157 g/mol. The van der Waals surface area contributed by atoms with Gasteiger partial charge in [-0.15, -0.1) is 0 Å². The number of rotatable bonds is 5. The van der Waals surface area contributed by atoms with E-state index in [0.29, 0.717) is 5.54 Å². The number of unbranched alkanes of at least 4 members (excludes halogenated alkanes) is 2. The lowest BCUT2D eigenvalue weighted by atomic mass is 9.96. The molecule has 0 bridgehead atoms. The van der Waals surface area contributed by atoms with Crippen LogP contribution in [0.2, 0.25) is 0 Å². The second kappa shape index (κ2) is 4.76. The minimum Gasteiger partial charge on any atom is -0.304 e. The van der Waals surface area contributed by atoms with Gasteiger partial charge in [0.05, 0.1) is 0 Å². The molecule has 0 aliphatic rings. The third kappa shape index (κ3) is 4.41. The van der Waals surface area contributed by atoms with Gasteiger partial charge in [-0.2, -0.15) is 0 Å². The molecule has 1 nitrogen and oxygen atoms in total. The molecule has 0 aromatic heterocycles. The van der Waals surface area contributed by atoms with Crippen molar-refractivity contribution in [1.82, 2.24) is 4.90 Å². The lowest BCUT2D eigenvalue weighted by Gasteiger charge is -2.32. The molecule has 0 aliphatic carbocycles. The predicted molar refractivity (Wildman–Crippen MR) is 51.9 cm³/mol. The van der Waals surface area contributed by atoms with Crippen molar-refractivity contribution >= 4 is 0 Å². The van der Waals surface area contributed by atoms with Gasteiger partial charge in [0, 0.05) is 5.54 Å². The Hall–Kier alpha value is -0.0400. The fourth-order valence-electron chi connectivity index (χ4n) is 1.03. The molecule has 0 amide bonds. The minimum absolute atomic E-state index is 0.384. The summed E-state index contributed by atoms with van der Waals surface area (Å²) in [4.78, 5) is 2.31. The number of nitrogens with zero attached hydrogens (tertiary/aromatic N) is 1. The van der Waals surface area contributed by atoms with E-state index in [4.69, 9.17) is 0 Å². The maximum absolute atomic E-state index is 2.31. The Labute approximate surface area is 71.8 Å². The second-order valence-corrected chi connectivity index (χ2v) is 4.16. The van der Waals surface area contributed by atoms with E-state index in [-0.39, 0.29) is 0 Å². The van der Waals surface area contributed by atoms with E-state index in [2.05, 4.69) is 39.8 Å². The SMILES string of the molecule is CCCCCC(C)(C)N(C)C. The van der Waals surface area contributed by atoms with E-state index in [1.54, 1.807) is 0 Å². The molecule has 0 N–H and O–H groups in total. The first-order valence-corrected chi connectivity index (χ1v) is 4.68. The van der Waals surface area contributed by atoms with Gasteiger partial charge in [-0.1, -0.05) is 26.2 Å². The fraction of sp³-hybridized carbons (Fsp3) is 1.00. The molecule has 0 fully saturated rings. The van der Waals surface area contributed by atoms with Crippen molar-refractivity contribution in [2.45, 2.75) is 52.0 Å². The summed E-state index contributed by atoms with van der Waals surface area (Å²) in [5.41, 5.74) is 0.384. The average Bonchev–Trinajstić information content (AvgIpc) is 1.88. The average molecular weight is 157 g/mol. The van der Waals surface area contributed by atoms with Crippen molar-refractivity contribution in [1.29, 1.82) is 0 Å². The summed E-state index contributed by atoms with van der Waals surface area (Å²) >= 11 is 0. The van der Waals surface area contributed by atoms with Crippen LogP contribution in [-0.2, 0) is 0 Å². The Bertz CT molecular complexity index is 95.0. The molecule has 0 aromatic carbocycles. The summed E-state index contributed by atoms with van der Waals surface area (Å²) in [5, 5.41) is 0. The highest BCUT2D eigenvalue weighted by molar-refractivity contribution is 4.76. The van der Waals surface area contributed by atoms with Gasteiger partial charge < -0.3 is 4.90 Å². The Kier molecular flexibility index (Phi) is 4.74. The van der Waals surface area contributed by atoms with Gasteiger partial charge in [-0.25, -0.2) is 0 Å². The molecule has 0 atom stereocenters. The third-order valence-corrected chi connectivity index (χ3v) is 2.60. The summed E-state index contributed by atoms with van der Waals surface area (Å²) in [7, 11) is 4.32. The van der Waals surface area contributed by atoms with Crippen LogP contribution in [0.3, 0.4) is 0 Å². The first kappa shape index (κ1) is 11.0. The second-order valence-electron chi connectivity index (χ2n) is 4.16. The quantitative estimate of drug-likeness (QED) is 0.555. The lowest BCUT2D eigenvalue weighted by molar-refractivity contribution is 0.177. The van der Waals surface area contributed by atoms with Crippen LogP contribution in [0.4, 0.5) is 0 Å². The molecule has 0 saturated heterocycles. The highest BCUT2D eigenvalue weighted by Crippen LogP contribution is 2.18. The summed E-state index contributed by atoms with van der Waals surface area (Å²) in [5.74, 6) is 0. The summed E-state index contributed by atoms with van der Waals surface area (Å²) in [6, 6.07) is 0. The Balaban J connectivity index is 3.55. The smallest absolute Gasteiger partial charge is 0.0147 e. The van der Waals surface area contributed by atoms with Crippen LogP contribution in [0.5, 0.6) is 0 Å². The van der Waals surface area contributed by atoms with Crippen molar-refractivity contribution in [3.05, 3.63) is 0 Å². The molecular weight excluding hydrogens is 134 g/mol. The van der Waals surface area contributed by atoms with Gasteiger partial charge in [0.1, 0.15) is 0 Å². The van der Waals surface area contributed by atoms with Gasteiger partial charge in [0.15, 0.2) is 0 Å². The first-order chi connectivity index (χ1) is 5.00. The summed E-state index contributed by atoms with van der Waals surface area (Å²) < 4.78 is 0. The van der Waals surface area contributed by atoms with Gasteiger partial charge >= 0.3 is 0 Å². The Morgan fingerprint density at radius 2 is 1.64 bits per heavy atom. The predicted octanol–water partition coefficient (Wildman–Crippen LogP) is 2.91. The van der Waals surface area contributed by atoms with Crippen molar-refractivity contribution < 1.29 is 0 Å². The van der Waals surface area contributed by atoms with Crippen molar-refractivity contribution in [2.24, 2.45) is 0 Å². The van der Waals surface area contributed by atoms with E-state index in [0.717, 1.165) is 0 Å². The molecule has 0 radical (unpaired) electrons. The molecule has 0 rings (SSSR count). The van der Waals surface area contributed by atoms with Crippen molar-refractivity contribution in [2.75, 3.05) is 14.1 Å².